The van der Waals surface area contributed by atoms with Crippen LogP contribution in [-0.4, -0.2) is 77.1 Å². The van der Waals surface area contributed by atoms with Gasteiger partial charge in [-0.2, -0.15) is 5.10 Å². The molecule has 0 amide bonds. The Kier molecular flexibility index (Phi) is 14.8. The number of carbonyl (C=O) groups excluding carboxylic acids is 2. The number of nitrogens with one attached hydrogen (secondary N) is 1. The standard InChI is InChI=1S/C17H23N5O.C9H11F2N.C5H10O2.C2H6/c1-20-7-3-2-4-17(20)5-8-21(9-6-17)15-10-14(12-23)11-22-16(15)18-13-19-22;1-12-6-8-4-2-3-7(5-10)9(8)11;1-5(2,3)7-4-6;1-2/h10-13H,2-9H2,1H3;2-4,12H,5-6H2,1H3;4H,1-3H3;1-2H3. The first kappa shape index (κ1) is 36.8. The molecule has 2 fully saturated rings. The zero-order valence-electron chi connectivity index (χ0n) is 27.4. The Morgan fingerprint density at radius 3 is 2.30 bits per heavy atom. The summed E-state index contributed by atoms with van der Waals surface area (Å²) in [5.74, 6) is -0.436. The molecule has 9 nitrogen and oxygen atoms in total. The molecule has 4 heterocycles. The van der Waals surface area contributed by atoms with Crippen molar-refractivity contribution in [3.63, 3.8) is 0 Å². The van der Waals surface area contributed by atoms with Crippen LogP contribution in [0.2, 0.25) is 0 Å². The van der Waals surface area contributed by atoms with E-state index in [0.717, 1.165) is 30.7 Å². The fraction of sp³-hybridized carbons (Fsp3) is 0.576. The van der Waals surface area contributed by atoms with E-state index in [1.807, 2.05) is 40.7 Å². The van der Waals surface area contributed by atoms with E-state index in [1.54, 1.807) is 36.2 Å². The number of aldehydes is 1. The normalized spacial score (nSPS) is 16.1. The number of piperidine rings is 2. The highest BCUT2D eigenvalue weighted by molar-refractivity contribution is 5.81. The van der Waals surface area contributed by atoms with Crippen molar-refractivity contribution in [3.8, 4) is 0 Å². The second-order valence-electron chi connectivity index (χ2n) is 11.8. The van der Waals surface area contributed by atoms with Gasteiger partial charge in [0.25, 0.3) is 6.47 Å². The Hall–Kier alpha value is -3.44. The average molecular weight is 617 g/mol. The lowest BCUT2D eigenvalue weighted by atomic mass is 9.79. The molecule has 1 aromatic carbocycles. The molecule has 2 aromatic heterocycles. The van der Waals surface area contributed by atoms with Crippen molar-refractivity contribution in [2.45, 2.75) is 91.1 Å². The maximum atomic E-state index is 13.2. The van der Waals surface area contributed by atoms with Crippen LogP contribution in [0.1, 0.15) is 88.2 Å². The average Bonchev–Trinajstić information content (AvgIpc) is 3.50. The molecule has 0 saturated carbocycles. The molecule has 0 aliphatic carbocycles. The van der Waals surface area contributed by atoms with Gasteiger partial charge in [-0.15, -0.1) is 0 Å². The second kappa shape index (κ2) is 17.8. The van der Waals surface area contributed by atoms with Crippen molar-refractivity contribution in [2.24, 2.45) is 0 Å². The predicted molar refractivity (Wildman–Crippen MR) is 171 cm³/mol. The molecule has 5 rings (SSSR count). The summed E-state index contributed by atoms with van der Waals surface area (Å²) in [7, 11) is 4.00. The molecular formula is C33H50F2N6O3. The molecule has 1 N–H and O–H groups in total. The third kappa shape index (κ3) is 10.1. The Balaban J connectivity index is 0.000000270. The highest BCUT2D eigenvalue weighted by Gasteiger charge is 2.39. The first-order valence-corrected chi connectivity index (χ1v) is 15.4. The lowest BCUT2D eigenvalue weighted by Gasteiger charge is -2.50. The number of fused-ring (bicyclic) bond motifs is 1. The van der Waals surface area contributed by atoms with Crippen LogP contribution in [0.3, 0.4) is 0 Å². The molecule has 44 heavy (non-hydrogen) atoms. The van der Waals surface area contributed by atoms with Gasteiger partial charge in [0.2, 0.25) is 0 Å². The fourth-order valence-electron chi connectivity index (χ4n) is 5.46. The highest BCUT2D eigenvalue weighted by Crippen LogP contribution is 2.38. The van der Waals surface area contributed by atoms with E-state index in [9.17, 15) is 18.4 Å². The molecule has 0 radical (unpaired) electrons. The fourth-order valence-corrected chi connectivity index (χ4v) is 5.46. The number of alkyl halides is 1. The maximum Gasteiger partial charge on any atom is 0.293 e. The zero-order chi connectivity index (χ0) is 32.8. The Bertz CT molecular complexity index is 1300. The smallest absolute Gasteiger partial charge is 0.293 e. The van der Waals surface area contributed by atoms with E-state index in [2.05, 4.69) is 37.0 Å². The summed E-state index contributed by atoms with van der Waals surface area (Å²) in [5.41, 5.74) is 3.20. The van der Waals surface area contributed by atoms with E-state index >= 15 is 0 Å². The number of pyridine rings is 1. The summed E-state index contributed by atoms with van der Waals surface area (Å²) >= 11 is 0. The zero-order valence-corrected chi connectivity index (χ0v) is 27.4. The molecule has 3 aromatic rings. The molecule has 0 atom stereocenters. The van der Waals surface area contributed by atoms with Crippen LogP contribution in [-0.2, 0) is 22.8 Å². The van der Waals surface area contributed by atoms with Gasteiger partial charge < -0.3 is 19.9 Å². The first-order valence-electron chi connectivity index (χ1n) is 15.4. The lowest BCUT2D eigenvalue weighted by molar-refractivity contribution is -0.138. The largest absolute Gasteiger partial charge is 0.462 e. The van der Waals surface area contributed by atoms with Gasteiger partial charge in [0, 0.05) is 48.1 Å². The van der Waals surface area contributed by atoms with Gasteiger partial charge in [0.05, 0.1) is 5.69 Å². The van der Waals surface area contributed by atoms with Crippen LogP contribution in [0.15, 0.2) is 36.8 Å². The van der Waals surface area contributed by atoms with Crippen LogP contribution >= 0.6 is 0 Å². The monoisotopic (exact) mass is 616 g/mol. The predicted octanol–water partition coefficient (Wildman–Crippen LogP) is 6.00. The molecule has 11 heteroatoms. The van der Waals surface area contributed by atoms with Crippen molar-refractivity contribution in [3.05, 3.63) is 59.3 Å². The van der Waals surface area contributed by atoms with Gasteiger partial charge in [0.1, 0.15) is 24.4 Å². The van der Waals surface area contributed by atoms with Crippen LogP contribution in [0.25, 0.3) is 5.65 Å². The summed E-state index contributed by atoms with van der Waals surface area (Å²) in [4.78, 5) is 30.1. The number of anilines is 1. The molecule has 1 spiro atoms. The van der Waals surface area contributed by atoms with E-state index in [0.29, 0.717) is 29.7 Å². The minimum atomic E-state index is -0.747. The summed E-state index contributed by atoms with van der Waals surface area (Å²) in [6, 6.07) is 6.70. The number of aromatic nitrogens is 3. The maximum absolute atomic E-state index is 13.2. The summed E-state index contributed by atoms with van der Waals surface area (Å²) in [6.07, 6.45) is 10.5. The third-order valence-corrected chi connectivity index (χ3v) is 7.81. The van der Waals surface area contributed by atoms with Crippen molar-refractivity contribution in [1.29, 1.82) is 0 Å². The van der Waals surface area contributed by atoms with E-state index < -0.39 is 12.5 Å². The Labute approximate surface area is 261 Å². The Morgan fingerprint density at radius 2 is 1.75 bits per heavy atom. The van der Waals surface area contributed by atoms with Crippen molar-refractivity contribution in [2.75, 3.05) is 38.6 Å². The minimum Gasteiger partial charge on any atom is -0.462 e. The molecule has 2 aliphatic heterocycles. The minimum absolute atomic E-state index is 0.128. The number of ether oxygens (including phenoxy) is 1. The van der Waals surface area contributed by atoms with Crippen LogP contribution < -0.4 is 10.2 Å². The van der Waals surface area contributed by atoms with Gasteiger partial charge in [-0.1, -0.05) is 38.5 Å². The molecule has 0 bridgehead atoms. The third-order valence-electron chi connectivity index (χ3n) is 7.81. The van der Waals surface area contributed by atoms with Gasteiger partial charge in [0.15, 0.2) is 11.9 Å². The first-order chi connectivity index (χ1) is 21.1. The van der Waals surface area contributed by atoms with E-state index in [4.69, 9.17) is 0 Å². The summed E-state index contributed by atoms with van der Waals surface area (Å²) in [6.45, 7) is 12.8. The van der Waals surface area contributed by atoms with Crippen LogP contribution in [0, 0.1) is 5.82 Å². The molecule has 0 unspecified atom stereocenters. The van der Waals surface area contributed by atoms with Crippen molar-refractivity contribution < 1.29 is 23.1 Å². The number of likely N-dealkylation sites (tertiary alicyclic amines) is 1. The lowest BCUT2D eigenvalue weighted by Crippen LogP contribution is -2.56. The topological polar surface area (TPSA) is 92.1 Å². The second-order valence-corrected chi connectivity index (χ2v) is 11.8. The van der Waals surface area contributed by atoms with Crippen molar-refractivity contribution in [1.82, 2.24) is 24.8 Å². The molecule has 244 valence electrons. The summed E-state index contributed by atoms with van der Waals surface area (Å²) in [5, 5.41) is 7.00. The molecule has 2 aliphatic rings. The van der Waals surface area contributed by atoms with Gasteiger partial charge in [-0.25, -0.2) is 18.3 Å². The highest BCUT2D eigenvalue weighted by atomic mass is 19.1. The molecular weight excluding hydrogens is 566 g/mol. The quantitative estimate of drug-likeness (QED) is 0.338. The van der Waals surface area contributed by atoms with Gasteiger partial charge >= 0.3 is 0 Å². The SMILES string of the molecule is CC.CC(C)(C)OC=O.CN1CCCCC12CCN(c1cc(C=O)cn3ncnc13)CC2.CNCc1cccc(CF)c1F. The number of carbonyl (C=O) groups is 2. The molecule has 2 saturated heterocycles. The number of rotatable bonds is 6. The van der Waals surface area contributed by atoms with E-state index in [1.165, 1.54) is 44.7 Å². The number of halogens is 2. The van der Waals surface area contributed by atoms with Gasteiger partial charge in [-0.3, -0.25) is 9.59 Å². The number of nitrogens with zero attached hydrogens (tertiary/aromatic N) is 5. The van der Waals surface area contributed by atoms with E-state index in [-0.39, 0.29) is 11.2 Å². The van der Waals surface area contributed by atoms with Gasteiger partial charge in [-0.05, 0) is 73.2 Å². The number of benzene rings is 1. The summed E-state index contributed by atoms with van der Waals surface area (Å²) < 4.78 is 31.6. The Morgan fingerprint density at radius 1 is 1.07 bits per heavy atom. The number of hydrogen-bond acceptors (Lipinski definition) is 8. The number of hydrogen-bond donors (Lipinski definition) is 1. The van der Waals surface area contributed by atoms with Crippen molar-refractivity contribution >= 4 is 24.1 Å². The van der Waals surface area contributed by atoms with Crippen LogP contribution in [0.4, 0.5) is 14.5 Å². The van der Waals surface area contributed by atoms with Crippen LogP contribution in [0.5, 0.6) is 0 Å².